The van der Waals surface area contributed by atoms with E-state index in [9.17, 15) is 0 Å². The van der Waals surface area contributed by atoms with Gasteiger partial charge in [-0.1, -0.05) is 20.3 Å². The number of piperazine rings is 1. The van der Waals surface area contributed by atoms with Crippen LogP contribution < -0.4 is 10.2 Å². The normalized spacial score (nSPS) is 23.9. The number of hydrogen-bond donors (Lipinski definition) is 1. The van der Waals surface area contributed by atoms with Crippen LogP contribution in [0, 0.1) is 5.92 Å². The summed E-state index contributed by atoms with van der Waals surface area (Å²) in [6.07, 6.45) is 4.83. The predicted molar refractivity (Wildman–Crippen MR) is 112 cm³/mol. The number of nitrogens with one attached hydrogen (secondary N) is 1. The van der Waals surface area contributed by atoms with E-state index in [1.807, 2.05) is 7.05 Å². The standard InChI is InChI=1S/C16H28N6S.HI/c1-4-6-12-11-13(12)18-15(17-3)21-7-9-22(10-8-21)16-19-14(5-2)20-23-16;/h12-13H,4-11H2,1-3H3,(H,17,18);1H. The van der Waals surface area contributed by atoms with Gasteiger partial charge in [-0.3, -0.25) is 4.99 Å². The fourth-order valence-electron chi connectivity index (χ4n) is 3.20. The van der Waals surface area contributed by atoms with E-state index in [4.69, 9.17) is 0 Å². The molecule has 1 aliphatic heterocycles. The van der Waals surface area contributed by atoms with Crippen LogP contribution >= 0.6 is 35.5 Å². The molecular weight excluding hydrogens is 435 g/mol. The van der Waals surface area contributed by atoms with E-state index in [0.717, 1.165) is 55.4 Å². The summed E-state index contributed by atoms with van der Waals surface area (Å²) < 4.78 is 4.39. The number of aromatic nitrogens is 2. The van der Waals surface area contributed by atoms with Crippen LogP contribution in [0.3, 0.4) is 0 Å². The number of anilines is 1. The molecular formula is C16H29IN6S. The quantitative estimate of drug-likeness (QED) is 0.413. The summed E-state index contributed by atoms with van der Waals surface area (Å²) in [6.45, 7) is 8.33. The molecule has 2 unspecified atom stereocenters. The van der Waals surface area contributed by atoms with E-state index in [0.29, 0.717) is 6.04 Å². The van der Waals surface area contributed by atoms with Crippen molar-refractivity contribution in [2.24, 2.45) is 10.9 Å². The Kier molecular flexibility index (Phi) is 7.52. The first-order valence-electron chi connectivity index (χ1n) is 8.80. The van der Waals surface area contributed by atoms with Gasteiger partial charge in [0.1, 0.15) is 5.82 Å². The molecule has 1 aliphatic carbocycles. The SMILES string of the molecule is CCCC1CC1NC(=NC)N1CCN(c2nc(CC)ns2)CC1.I. The van der Waals surface area contributed by atoms with Crippen molar-refractivity contribution in [3.05, 3.63) is 5.82 Å². The highest BCUT2D eigenvalue weighted by molar-refractivity contribution is 14.0. The maximum atomic E-state index is 4.60. The van der Waals surface area contributed by atoms with Crippen LogP contribution in [0.5, 0.6) is 0 Å². The van der Waals surface area contributed by atoms with Gasteiger partial charge in [-0.25, -0.2) is 4.98 Å². The average molecular weight is 464 g/mol. The molecule has 2 aliphatic rings. The average Bonchev–Trinajstić information content (AvgIpc) is 3.13. The summed E-state index contributed by atoms with van der Waals surface area (Å²) in [7, 11) is 1.89. The fraction of sp³-hybridized carbons (Fsp3) is 0.812. The zero-order chi connectivity index (χ0) is 16.2. The van der Waals surface area contributed by atoms with Gasteiger partial charge in [-0.15, -0.1) is 24.0 Å². The third kappa shape index (κ3) is 4.71. The van der Waals surface area contributed by atoms with Crippen molar-refractivity contribution >= 4 is 46.6 Å². The first kappa shape index (κ1) is 19.7. The van der Waals surface area contributed by atoms with Gasteiger partial charge in [0.15, 0.2) is 5.96 Å². The molecule has 24 heavy (non-hydrogen) atoms. The van der Waals surface area contributed by atoms with Gasteiger partial charge in [0.05, 0.1) is 0 Å². The van der Waals surface area contributed by atoms with Crippen molar-refractivity contribution in [3.8, 4) is 0 Å². The molecule has 136 valence electrons. The predicted octanol–water partition coefficient (Wildman–Crippen LogP) is 2.60. The number of guanidine groups is 1. The molecule has 2 fully saturated rings. The minimum Gasteiger partial charge on any atom is -0.353 e. The largest absolute Gasteiger partial charge is 0.353 e. The van der Waals surface area contributed by atoms with Crippen molar-refractivity contribution in [3.63, 3.8) is 0 Å². The van der Waals surface area contributed by atoms with E-state index in [-0.39, 0.29) is 24.0 Å². The number of nitrogens with zero attached hydrogens (tertiary/aromatic N) is 5. The minimum absolute atomic E-state index is 0. The molecule has 0 aromatic carbocycles. The second-order valence-corrected chi connectivity index (χ2v) is 7.13. The Balaban J connectivity index is 0.00000208. The molecule has 1 aromatic rings. The fourth-order valence-corrected chi connectivity index (χ4v) is 4.00. The highest BCUT2D eigenvalue weighted by Crippen LogP contribution is 2.34. The second kappa shape index (κ2) is 9.17. The second-order valence-electron chi connectivity index (χ2n) is 6.40. The molecule has 2 atom stereocenters. The number of rotatable bonds is 5. The zero-order valence-corrected chi connectivity index (χ0v) is 18.0. The Morgan fingerprint density at radius 3 is 2.62 bits per heavy atom. The maximum Gasteiger partial charge on any atom is 0.205 e. The van der Waals surface area contributed by atoms with Crippen molar-refractivity contribution in [2.75, 3.05) is 38.1 Å². The minimum atomic E-state index is 0. The number of hydrogen-bond acceptors (Lipinski definition) is 5. The van der Waals surface area contributed by atoms with Crippen LogP contribution in [-0.2, 0) is 6.42 Å². The van der Waals surface area contributed by atoms with Gasteiger partial charge in [0, 0.05) is 57.2 Å². The highest BCUT2D eigenvalue weighted by atomic mass is 127. The molecule has 0 radical (unpaired) electrons. The van der Waals surface area contributed by atoms with Crippen LogP contribution in [0.15, 0.2) is 4.99 Å². The summed E-state index contributed by atoms with van der Waals surface area (Å²) in [5.74, 6) is 2.88. The van der Waals surface area contributed by atoms with E-state index < -0.39 is 0 Å². The molecule has 1 saturated carbocycles. The summed E-state index contributed by atoms with van der Waals surface area (Å²) in [6, 6.07) is 0.641. The van der Waals surface area contributed by atoms with Crippen molar-refractivity contribution in [1.29, 1.82) is 0 Å². The number of halogens is 1. The van der Waals surface area contributed by atoms with Gasteiger partial charge in [0.25, 0.3) is 0 Å². The van der Waals surface area contributed by atoms with Gasteiger partial charge in [-0.2, -0.15) is 4.37 Å². The number of aryl methyl sites for hydroxylation is 1. The lowest BCUT2D eigenvalue weighted by Crippen LogP contribution is -2.53. The van der Waals surface area contributed by atoms with Crippen LogP contribution in [0.2, 0.25) is 0 Å². The van der Waals surface area contributed by atoms with Gasteiger partial charge >= 0.3 is 0 Å². The van der Waals surface area contributed by atoms with Crippen molar-refractivity contribution in [2.45, 2.75) is 45.6 Å². The lowest BCUT2D eigenvalue weighted by atomic mass is 10.2. The first-order chi connectivity index (χ1) is 11.2. The van der Waals surface area contributed by atoms with E-state index in [1.54, 1.807) is 0 Å². The van der Waals surface area contributed by atoms with Crippen molar-refractivity contribution in [1.82, 2.24) is 19.6 Å². The zero-order valence-electron chi connectivity index (χ0n) is 14.9. The Morgan fingerprint density at radius 2 is 2.04 bits per heavy atom. The molecule has 6 nitrogen and oxygen atoms in total. The summed E-state index contributed by atoms with van der Waals surface area (Å²) >= 11 is 1.52. The maximum absolute atomic E-state index is 4.60. The topological polar surface area (TPSA) is 56.7 Å². The molecule has 0 amide bonds. The Morgan fingerprint density at radius 1 is 1.29 bits per heavy atom. The Labute approximate surface area is 166 Å². The van der Waals surface area contributed by atoms with Crippen LogP contribution in [0.25, 0.3) is 0 Å². The van der Waals surface area contributed by atoms with Crippen LogP contribution in [-0.4, -0.2) is 59.5 Å². The van der Waals surface area contributed by atoms with E-state index >= 15 is 0 Å². The number of aliphatic imine (C=N–C) groups is 1. The van der Waals surface area contributed by atoms with Gasteiger partial charge in [0.2, 0.25) is 5.13 Å². The molecule has 3 rings (SSSR count). The smallest absolute Gasteiger partial charge is 0.205 e. The first-order valence-corrected chi connectivity index (χ1v) is 9.58. The Bertz CT molecular complexity index is 540. The monoisotopic (exact) mass is 464 g/mol. The Hall–Kier alpha value is -0.640. The highest BCUT2D eigenvalue weighted by Gasteiger charge is 2.37. The lowest BCUT2D eigenvalue weighted by Gasteiger charge is -2.36. The third-order valence-electron chi connectivity index (χ3n) is 4.73. The third-order valence-corrected chi connectivity index (χ3v) is 5.55. The molecule has 8 heteroatoms. The molecule has 0 bridgehead atoms. The molecule has 1 N–H and O–H groups in total. The molecule has 1 aromatic heterocycles. The summed E-state index contributed by atoms with van der Waals surface area (Å²) in [5.41, 5.74) is 0. The van der Waals surface area contributed by atoms with Gasteiger partial charge < -0.3 is 15.1 Å². The van der Waals surface area contributed by atoms with E-state index in [1.165, 1.54) is 30.8 Å². The van der Waals surface area contributed by atoms with Crippen molar-refractivity contribution < 1.29 is 0 Å². The molecule has 2 heterocycles. The lowest BCUT2D eigenvalue weighted by molar-refractivity contribution is 0.371. The molecule has 0 spiro atoms. The summed E-state index contributed by atoms with van der Waals surface area (Å²) in [4.78, 5) is 13.8. The molecule has 1 saturated heterocycles. The van der Waals surface area contributed by atoms with Gasteiger partial charge in [-0.05, 0) is 18.8 Å². The van der Waals surface area contributed by atoms with Crippen LogP contribution in [0.4, 0.5) is 5.13 Å². The summed E-state index contributed by atoms with van der Waals surface area (Å²) in [5, 5.41) is 4.71. The van der Waals surface area contributed by atoms with Crippen LogP contribution in [0.1, 0.15) is 38.9 Å². The van der Waals surface area contributed by atoms with E-state index in [2.05, 4.69) is 43.3 Å².